The molecule has 0 bridgehead atoms. The van der Waals surface area contributed by atoms with E-state index in [4.69, 9.17) is 0 Å². The van der Waals surface area contributed by atoms with Crippen LogP contribution in [-0.2, 0) is 16.6 Å². The number of aromatic amines is 1. The van der Waals surface area contributed by atoms with Crippen LogP contribution < -0.4 is 10.0 Å². The first-order chi connectivity index (χ1) is 9.29. The first-order valence-corrected chi connectivity index (χ1v) is 8.54. The molecule has 7 heteroatoms. The van der Waals surface area contributed by atoms with Gasteiger partial charge in [0.15, 0.2) is 5.03 Å². The zero-order valence-corrected chi connectivity index (χ0v) is 13.8. The normalized spacial score (nSPS) is 13.9. The molecule has 0 saturated heterocycles. The van der Waals surface area contributed by atoms with Crippen LogP contribution in [-0.4, -0.2) is 31.2 Å². The summed E-state index contributed by atoms with van der Waals surface area (Å²) >= 11 is 0. The lowest BCUT2D eigenvalue weighted by atomic mass is 10.1. The number of aryl methyl sites for hydroxylation is 1. The molecule has 1 aromatic heterocycles. The summed E-state index contributed by atoms with van der Waals surface area (Å²) in [5, 5.41) is 10.0. The van der Waals surface area contributed by atoms with E-state index in [0.29, 0.717) is 12.1 Å². The lowest BCUT2D eigenvalue weighted by Gasteiger charge is -2.17. The van der Waals surface area contributed by atoms with Crippen LogP contribution in [0, 0.1) is 12.8 Å². The SMILES string of the molecule is CCCNCc1c(S(=O)(=O)NC(C)C(C)C)n[nH]c1C. The molecule has 0 aliphatic rings. The maximum atomic E-state index is 12.4. The second-order valence-electron chi connectivity index (χ2n) is 5.46. The average Bonchev–Trinajstić information content (AvgIpc) is 2.71. The van der Waals surface area contributed by atoms with Crippen LogP contribution in [0.5, 0.6) is 0 Å². The fourth-order valence-corrected chi connectivity index (χ4v) is 3.28. The van der Waals surface area contributed by atoms with E-state index in [2.05, 4.69) is 27.2 Å². The molecular weight excluding hydrogens is 276 g/mol. The molecule has 1 rings (SSSR count). The van der Waals surface area contributed by atoms with E-state index in [1.807, 2.05) is 27.7 Å². The van der Waals surface area contributed by atoms with Crippen molar-refractivity contribution in [1.82, 2.24) is 20.2 Å². The third-order valence-electron chi connectivity index (χ3n) is 3.36. The lowest BCUT2D eigenvalue weighted by Crippen LogP contribution is -2.36. The van der Waals surface area contributed by atoms with E-state index in [9.17, 15) is 8.42 Å². The van der Waals surface area contributed by atoms with Crippen LogP contribution in [0.4, 0.5) is 0 Å². The van der Waals surface area contributed by atoms with Crippen LogP contribution >= 0.6 is 0 Å². The van der Waals surface area contributed by atoms with Gasteiger partial charge in [-0.05, 0) is 32.7 Å². The molecule has 1 atom stereocenters. The Labute approximate surface area is 121 Å². The highest BCUT2D eigenvalue weighted by Crippen LogP contribution is 2.17. The Morgan fingerprint density at radius 1 is 1.30 bits per heavy atom. The zero-order valence-electron chi connectivity index (χ0n) is 12.9. The standard InChI is InChI=1S/C13H26N4O2S/c1-6-7-14-8-12-11(5)15-16-13(12)20(18,19)17-10(4)9(2)3/h9-10,14,17H,6-8H2,1-5H3,(H,15,16). The van der Waals surface area contributed by atoms with E-state index in [1.165, 1.54) is 0 Å². The Kier molecular flexibility index (Phi) is 6.16. The maximum Gasteiger partial charge on any atom is 0.260 e. The number of hydrogen-bond acceptors (Lipinski definition) is 4. The van der Waals surface area contributed by atoms with Gasteiger partial charge in [0.2, 0.25) is 0 Å². The van der Waals surface area contributed by atoms with Crippen molar-refractivity contribution >= 4 is 10.0 Å². The van der Waals surface area contributed by atoms with Gasteiger partial charge in [0.25, 0.3) is 10.0 Å². The highest BCUT2D eigenvalue weighted by molar-refractivity contribution is 7.89. The van der Waals surface area contributed by atoms with Crippen LogP contribution in [0.1, 0.15) is 45.4 Å². The van der Waals surface area contributed by atoms with Crippen molar-refractivity contribution < 1.29 is 8.42 Å². The van der Waals surface area contributed by atoms with Crippen molar-refractivity contribution in [3.05, 3.63) is 11.3 Å². The van der Waals surface area contributed by atoms with E-state index in [0.717, 1.165) is 18.7 Å². The average molecular weight is 302 g/mol. The fourth-order valence-electron chi connectivity index (χ4n) is 1.69. The Bertz CT molecular complexity index is 522. The molecule has 0 spiro atoms. The van der Waals surface area contributed by atoms with Gasteiger partial charge in [0.1, 0.15) is 0 Å². The van der Waals surface area contributed by atoms with Crippen molar-refractivity contribution in [3.8, 4) is 0 Å². The second-order valence-corrected chi connectivity index (χ2v) is 7.09. The highest BCUT2D eigenvalue weighted by Gasteiger charge is 2.26. The molecule has 0 fully saturated rings. The first-order valence-electron chi connectivity index (χ1n) is 7.06. The summed E-state index contributed by atoms with van der Waals surface area (Å²) in [5.74, 6) is 0.228. The third kappa shape index (κ3) is 4.29. The summed E-state index contributed by atoms with van der Waals surface area (Å²) in [4.78, 5) is 0. The lowest BCUT2D eigenvalue weighted by molar-refractivity contribution is 0.474. The van der Waals surface area contributed by atoms with Crippen molar-refractivity contribution in [2.45, 2.75) is 58.7 Å². The second kappa shape index (κ2) is 7.19. The van der Waals surface area contributed by atoms with Crippen molar-refractivity contribution in [2.24, 2.45) is 5.92 Å². The van der Waals surface area contributed by atoms with Crippen molar-refractivity contribution in [1.29, 1.82) is 0 Å². The smallest absolute Gasteiger partial charge is 0.260 e. The number of aromatic nitrogens is 2. The minimum Gasteiger partial charge on any atom is -0.313 e. The predicted octanol–water partition coefficient (Wildman–Crippen LogP) is 1.54. The number of hydrogen-bond donors (Lipinski definition) is 3. The molecule has 3 N–H and O–H groups in total. The quantitative estimate of drug-likeness (QED) is 0.636. The van der Waals surface area contributed by atoms with Crippen LogP contribution in [0.25, 0.3) is 0 Å². The Balaban J connectivity index is 2.95. The summed E-state index contributed by atoms with van der Waals surface area (Å²) in [5.41, 5.74) is 1.49. The highest BCUT2D eigenvalue weighted by atomic mass is 32.2. The van der Waals surface area contributed by atoms with E-state index in [-0.39, 0.29) is 17.0 Å². The zero-order chi connectivity index (χ0) is 15.3. The van der Waals surface area contributed by atoms with Gasteiger partial charge in [-0.25, -0.2) is 13.1 Å². The molecule has 0 radical (unpaired) electrons. The molecule has 0 amide bonds. The number of rotatable bonds is 8. The molecule has 0 saturated carbocycles. The van der Waals surface area contributed by atoms with Gasteiger partial charge in [0, 0.05) is 23.8 Å². The van der Waals surface area contributed by atoms with E-state index in [1.54, 1.807) is 0 Å². The molecule has 0 aliphatic heterocycles. The van der Waals surface area contributed by atoms with Gasteiger partial charge >= 0.3 is 0 Å². The van der Waals surface area contributed by atoms with Gasteiger partial charge in [-0.15, -0.1) is 0 Å². The van der Waals surface area contributed by atoms with Gasteiger partial charge < -0.3 is 5.32 Å². The summed E-state index contributed by atoms with van der Waals surface area (Å²) in [6, 6.07) is -0.131. The van der Waals surface area contributed by atoms with Crippen LogP contribution in [0.2, 0.25) is 0 Å². The van der Waals surface area contributed by atoms with Gasteiger partial charge in [-0.3, -0.25) is 5.10 Å². The molecule has 1 heterocycles. The van der Waals surface area contributed by atoms with E-state index >= 15 is 0 Å². The molecule has 0 aromatic carbocycles. The summed E-state index contributed by atoms with van der Waals surface area (Å²) in [6.45, 7) is 11.1. The van der Waals surface area contributed by atoms with E-state index < -0.39 is 10.0 Å². The van der Waals surface area contributed by atoms with Crippen LogP contribution in [0.3, 0.4) is 0 Å². The predicted molar refractivity (Wildman–Crippen MR) is 79.9 cm³/mol. The molecule has 0 aliphatic carbocycles. The first kappa shape index (κ1) is 17.1. The molecular formula is C13H26N4O2S. The summed E-state index contributed by atoms with van der Waals surface area (Å²) < 4.78 is 27.5. The van der Waals surface area contributed by atoms with Gasteiger partial charge in [-0.2, -0.15) is 5.10 Å². The fraction of sp³-hybridized carbons (Fsp3) is 0.769. The van der Waals surface area contributed by atoms with Crippen molar-refractivity contribution in [3.63, 3.8) is 0 Å². The Morgan fingerprint density at radius 3 is 2.50 bits per heavy atom. The number of H-pyrrole nitrogens is 1. The minimum absolute atomic E-state index is 0.103. The third-order valence-corrected chi connectivity index (χ3v) is 4.89. The minimum atomic E-state index is -3.58. The Morgan fingerprint density at radius 2 is 1.95 bits per heavy atom. The van der Waals surface area contributed by atoms with Gasteiger partial charge in [0.05, 0.1) is 0 Å². The largest absolute Gasteiger partial charge is 0.313 e. The van der Waals surface area contributed by atoms with Gasteiger partial charge in [-0.1, -0.05) is 20.8 Å². The summed E-state index contributed by atoms with van der Waals surface area (Å²) in [6.07, 6.45) is 1.00. The molecule has 1 unspecified atom stereocenters. The Hall–Kier alpha value is -0.920. The molecule has 20 heavy (non-hydrogen) atoms. The number of sulfonamides is 1. The molecule has 116 valence electrons. The molecule has 1 aromatic rings. The topological polar surface area (TPSA) is 86.9 Å². The summed E-state index contributed by atoms with van der Waals surface area (Å²) in [7, 11) is -3.58. The monoisotopic (exact) mass is 302 g/mol. The number of nitrogens with zero attached hydrogens (tertiary/aromatic N) is 1. The maximum absolute atomic E-state index is 12.4. The van der Waals surface area contributed by atoms with Crippen molar-refractivity contribution in [2.75, 3.05) is 6.54 Å². The number of nitrogens with one attached hydrogen (secondary N) is 3. The molecule has 6 nitrogen and oxygen atoms in total. The van der Waals surface area contributed by atoms with Crippen LogP contribution in [0.15, 0.2) is 5.03 Å².